The molecule has 0 saturated heterocycles. The van der Waals surface area contributed by atoms with E-state index in [2.05, 4.69) is 13.8 Å². The summed E-state index contributed by atoms with van der Waals surface area (Å²) in [6.07, 6.45) is 0. The molecule has 0 saturated carbocycles. The quantitative estimate of drug-likeness (QED) is 0.682. The lowest BCUT2D eigenvalue weighted by molar-refractivity contribution is 1.41. The Bertz CT molecular complexity index is 365. The zero-order valence-corrected chi connectivity index (χ0v) is 9.81. The summed E-state index contributed by atoms with van der Waals surface area (Å²) in [5, 5.41) is 0. The molecule has 2 rings (SSSR count). The van der Waals surface area contributed by atoms with Crippen molar-refractivity contribution in [3.8, 4) is 0 Å². The van der Waals surface area contributed by atoms with Crippen LogP contribution in [0.5, 0.6) is 0 Å². The summed E-state index contributed by atoms with van der Waals surface area (Å²) in [6, 6.07) is 0. The van der Waals surface area contributed by atoms with Gasteiger partial charge in [0.1, 0.15) is 0 Å². The van der Waals surface area contributed by atoms with Gasteiger partial charge in [-0.2, -0.15) is 0 Å². The maximum atomic E-state index is 11.0. The summed E-state index contributed by atoms with van der Waals surface area (Å²) in [4.78, 5) is 11.0. The van der Waals surface area contributed by atoms with Gasteiger partial charge in [-0.15, -0.1) is 0 Å². The zero-order chi connectivity index (χ0) is 8.72. The molecule has 1 nitrogen and oxygen atoms in total. The van der Waals surface area contributed by atoms with Gasteiger partial charge >= 0.3 is 0 Å². The Morgan fingerprint density at radius 1 is 1.08 bits per heavy atom. The van der Waals surface area contributed by atoms with Crippen molar-refractivity contribution in [3.05, 3.63) is 18.7 Å². The first kappa shape index (κ1) is 8.87. The van der Waals surface area contributed by atoms with E-state index in [1.54, 1.807) is 23.5 Å². The van der Waals surface area contributed by atoms with E-state index in [4.69, 9.17) is 0 Å². The lowest BCUT2D eigenvalue weighted by Gasteiger charge is -1.94. The van der Waals surface area contributed by atoms with Gasteiger partial charge in [0.15, 0.2) is 0 Å². The number of allylic oxidation sites excluding steroid dienone is 1. The minimum atomic E-state index is 0.216. The minimum absolute atomic E-state index is 0.216. The van der Waals surface area contributed by atoms with Crippen molar-refractivity contribution < 1.29 is 0 Å². The molecule has 0 radical (unpaired) electrons. The van der Waals surface area contributed by atoms with E-state index in [-0.39, 0.29) is 4.06 Å². The highest BCUT2D eigenvalue weighted by molar-refractivity contribution is 8.26. The third kappa shape index (κ3) is 1.51. The Morgan fingerprint density at radius 3 is 2.00 bits per heavy atom. The predicted molar refractivity (Wildman–Crippen MR) is 58.6 cm³/mol. The molecule has 1 aromatic heterocycles. The van der Waals surface area contributed by atoms with E-state index in [1.165, 1.54) is 40.9 Å². The Morgan fingerprint density at radius 2 is 1.58 bits per heavy atom. The second kappa shape index (κ2) is 3.21. The highest BCUT2D eigenvalue weighted by Gasteiger charge is 2.22. The molecular formula is C7H6OS4. The number of rotatable bonds is 0. The Kier molecular flexibility index (Phi) is 2.37. The van der Waals surface area contributed by atoms with Gasteiger partial charge in [-0.25, -0.2) is 0 Å². The van der Waals surface area contributed by atoms with Crippen molar-refractivity contribution in [1.82, 2.24) is 0 Å². The smallest absolute Gasteiger partial charge is 0.265 e. The lowest BCUT2D eigenvalue weighted by Crippen LogP contribution is -1.75. The molecule has 5 heteroatoms. The second-order valence-electron chi connectivity index (χ2n) is 2.52. The molecule has 0 atom stereocenters. The molecule has 0 aromatic carbocycles. The van der Waals surface area contributed by atoms with E-state index in [0.29, 0.717) is 0 Å². The maximum Gasteiger partial charge on any atom is 0.289 e. The minimum Gasteiger partial charge on any atom is -0.265 e. The van der Waals surface area contributed by atoms with Crippen LogP contribution in [0.2, 0.25) is 0 Å². The monoisotopic (exact) mass is 234 g/mol. The van der Waals surface area contributed by atoms with Crippen LogP contribution in [-0.4, -0.2) is 0 Å². The fourth-order valence-electron chi connectivity index (χ4n) is 0.774. The molecule has 0 fully saturated rings. The first-order chi connectivity index (χ1) is 5.66. The fourth-order valence-corrected chi connectivity index (χ4v) is 6.41. The SMILES string of the molecule is CC(C)=C1Sc2sc(=O)sc2S1. The molecule has 1 aromatic rings. The molecule has 0 spiro atoms. The molecule has 0 amide bonds. The van der Waals surface area contributed by atoms with E-state index in [1.807, 2.05) is 0 Å². The first-order valence-corrected chi connectivity index (χ1v) is 6.60. The van der Waals surface area contributed by atoms with Crippen molar-refractivity contribution in [2.24, 2.45) is 0 Å². The average molecular weight is 234 g/mol. The van der Waals surface area contributed by atoms with Crippen molar-refractivity contribution in [3.63, 3.8) is 0 Å². The van der Waals surface area contributed by atoms with Crippen LogP contribution in [0.25, 0.3) is 0 Å². The lowest BCUT2D eigenvalue weighted by atomic mass is 10.4. The molecule has 0 bridgehead atoms. The topological polar surface area (TPSA) is 17.1 Å². The van der Waals surface area contributed by atoms with Crippen LogP contribution in [-0.2, 0) is 0 Å². The summed E-state index contributed by atoms with van der Waals surface area (Å²) in [7, 11) is 0. The van der Waals surface area contributed by atoms with Gasteiger partial charge in [0.05, 0.1) is 12.7 Å². The van der Waals surface area contributed by atoms with Crippen molar-refractivity contribution in [2.45, 2.75) is 22.3 Å². The van der Waals surface area contributed by atoms with Crippen LogP contribution >= 0.6 is 46.2 Å². The third-order valence-corrected chi connectivity index (χ3v) is 6.89. The number of hydrogen-bond donors (Lipinski definition) is 0. The normalized spacial score (nSPS) is 15.0. The van der Waals surface area contributed by atoms with Gasteiger partial charge in [0.25, 0.3) is 4.06 Å². The zero-order valence-electron chi connectivity index (χ0n) is 6.54. The number of hydrogen-bond acceptors (Lipinski definition) is 5. The van der Waals surface area contributed by atoms with Gasteiger partial charge < -0.3 is 0 Å². The highest BCUT2D eigenvalue weighted by Crippen LogP contribution is 2.54. The molecular weight excluding hydrogens is 228 g/mol. The average Bonchev–Trinajstić information content (AvgIpc) is 2.42. The Labute approximate surface area is 86.9 Å². The molecule has 0 aliphatic carbocycles. The molecule has 0 unspecified atom stereocenters. The van der Waals surface area contributed by atoms with Crippen molar-refractivity contribution in [1.29, 1.82) is 0 Å². The van der Waals surface area contributed by atoms with Gasteiger partial charge in [-0.05, 0) is 13.8 Å². The Hall–Kier alpha value is 0.290. The summed E-state index contributed by atoms with van der Waals surface area (Å²) in [5.74, 6) is 0. The molecule has 12 heavy (non-hydrogen) atoms. The summed E-state index contributed by atoms with van der Waals surface area (Å²) in [6.45, 7) is 4.21. The summed E-state index contributed by atoms with van der Waals surface area (Å²) < 4.78 is 3.93. The number of thioether (sulfide) groups is 2. The first-order valence-electron chi connectivity index (χ1n) is 3.34. The van der Waals surface area contributed by atoms with Crippen LogP contribution in [0.3, 0.4) is 0 Å². The van der Waals surface area contributed by atoms with Gasteiger partial charge in [-0.3, -0.25) is 4.79 Å². The standard InChI is InChI=1S/C7H6OS4/c1-3(2)4-9-5-6(10-4)12-7(8)11-5/h1-2H3. The summed E-state index contributed by atoms with van der Waals surface area (Å²) in [5.41, 5.74) is 1.34. The Balaban J connectivity index is 2.42. The van der Waals surface area contributed by atoms with Gasteiger partial charge in [0.2, 0.25) is 0 Å². The van der Waals surface area contributed by atoms with Crippen LogP contribution in [0.4, 0.5) is 0 Å². The largest absolute Gasteiger partial charge is 0.289 e. The van der Waals surface area contributed by atoms with Crippen LogP contribution < -0.4 is 4.06 Å². The molecule has 2 heterocycles. The molecule has 0 N–H and O–H groups in total. The van der Waals surface area contributed by atoms with E-state index in [0.717, 1.165) is 0 Å². The van der Waals surface area contributed by atoms with Crippen molar-refractivity contribution in [2.75, 3.05) is 0 Å². The fraction of sp³-hybridized carbons (Fsp3) is 0.286. The van der Waals surface area contributed by atoms with E-state index < -0.39 is 0 Å². The van der Waals surface area contributed by atoms with Gasteiger partial charge in [0, 0.05) is 0 Å². The molecule has 64 valence electrons. The molecule has 1 aliphatic rings. The molecule has 1 aliphatic heterocycles. The third-order valence-electron chi connectivity index (χ3n) is 1.30. The maximum absolute atomic E-state index is 11.0. The van der Waals surface area contributed by atoms with Gasteiger partial charge in [-0.1, -0.05) is 51.8 Å². The van der Waals surface area contributed by atoms with Crippen LogP contribution in [0, 0.1) is 0 Å². The van der Waals surface area contributed by atoms with E-state index >= 15 is 0 Å². The van der Waals surface area contributed by atoms with Crippen LogP contribution in [0.15, 0.2) is 23.0 Å². The van der Waals surface area contributed by atoms with Crippen molar-refractivity contribution >= 4 is 46.2 Å². The summed E-state index contributed by atoms with van der Waals surface area (Å²) >= 11 is 6.21. The van der Waals surface area contributed by atoms with E-state index in [9.17, 15) is 4.79 Å². The number of fused-ring (bicyclic) bond motifs is 1. The highest BCUT2D eigenvalue weighted by atomic mass is 32.2. The second-order valence-corrected chi connectivity index (χ2v) is 7.56. The predicted octanol–water partition coefficient (Wildman–Crippen LogP) is 3.62. The van der Waals surface area contributed by atoms with Crippen LogP contribution in [0.1, 0.15) is 13.8 Å².